The SMILES string of the molecule is COC(=O)/C=C(\C)c1ccc(OC)c(-c2cnn(C)c2)c1. The van der Waals surface area contributed by atoms with E-state index >= 15 is 0 Å². The second-order valence-corrected chi connectivity index (χ2v) is 4.67. The number of esters is 1. The minimum Gasteiger partial charge on any atom is -0.496 e. The fraction of sp³-hybridized carbons (Fsp3) is 0.250. The van der Waals surface area contributed by atoms with E-state index in [9.17, 15) is 4.79 Å². The lowest BCUT2D eigenvalue weighted by Crippen LogP contribution is -1.96. The number of allylic oxidation sites excluding steroid dienone is 1. The van der Waals surface area contributed by atoms with E-state index < -0.39 is 0 Å². The molecule has 1 aromatic heterocycles. The molecule has 110 valence electrons. The van der Waals surface area contributed by atoms with E-state index in [0.29, 0.717) is 0 Å². The van der Waals surface area contributed by atoms with Crippen LogP contribution in [-0.4, -0.2) is 30.0 Å². The molecule has 0 saturated heterocycles. The first-order valence-electron chi connectivity index (χ1n) is 6.49. The van der Waals surface area contributed by atoms with Crippen LogP contribution in [0.5, 0.6) is 5.75 Å². The van der Waals surface area contributed by atoms with Gasteiger partial charge in [-0.1, -0.05) is 6.07 Å². The molecule has 0 aliphatic carbocycles. The highest BCUT2D eigenvalue weighted by Gasteiger charge is 2.10. The maximum absolute atomic E-state index is 11.3. The van der Waals surface area contributed by atoms with Crippen LogP contribution in [0.2, 0.25) is 0 Å². The lowest BCUT2D eigenvalue weighted by atomic mass is 10.0. The number of hydrogen-bond donors (Lipinski definition) is 0. The first kappa shape index (κ1) is 14.8. The summed E-state index contributed by atoms with van der Waals surface area (Å²) >= 11 is 0. The molecular formula is C16H18N2O3. The fourth-order valence-electron chi connectivity index (χ4n) is 2.06. The highest BCUT2D eigenvalue weighted by Crippen LogP contribution is 2.32. The second-order valence-electron chi connectivity index (χ2n) is 4.67. The standard InChI is InChI=1S/C16H18N2O3/c1-11(7-16(19)21-4)12-5-6-15(20-3)14(8-12)13-9-17-18(2)10-13/h5-10H,1-4H3/b11-7+. The summed E-state index contributed by atoms with van der Waals surface area (Å²) in [5.41, 5.74) is 3.65. The van der Waals surface area contributed by atoms with Gasteiger partial charge in [0, 0.05) is 30.4 Å². The van der Waals surface area contributed by atoms with Crippen LogP contribution in [0.15, 0.2) is 36.7 Å². The van der Waals surface area contributed by atoms with E-state index in [1.165, 1.54) is 13.2 Å². The van der Waals surface area contributed by atoms with Crippen molar-refractivity contribution in [1.29, 1.82) is 0 Å². The van der Waals surface area contributed by atoms with Crippen LogP contribution in [0.4, 0.5) is 0 Å². The number of hydrogen-bond acceptors (Lipinski definition) is 4. The number of rotatable bonds is 4. The molecule has 0 N–H and O–H groups in total. The molecule has 5 heteroatoms. The first-order valence-corrected chi connectivity index (χ1v) is 6.49. The lowest BCUT2D eigenvalue weighted by molar-refractivity contribution is -0.134. The van der Waals surface area contributed by atoms with E-state index in [0.717, 1.165) is 28.0 Å². The molecule has 21 heavy (non-hydrogen) atoms. The summed E-state index contributed by atoms with van der Waals surface area (Å²) in [7, 11) is 4.86. The van der Waals surface area contributed by atoms with Gasteiger partial charge < -0.3 is 9.47 Å². The Hall–Kier alpha value is -2.56. The zero-order chi connectivity index (χ0) is 15.4. The average molecular weight is 286 g/mol. The van der Waals surface area contributed by atoms with E-state index in [1.54, 1.807) is 18.0 Å². The number of methoxy groups -OCH3 is 2. The van der Waals surface area contributed by atoms with Crippen LogP contribution in [0.1, 0.15) is 12.5 Å². The molecule has 5 nitrogen and oxygen atoms in total. The Labute approximate surface area is 123 Å². The Bertz CT molecular complexity index is 687. The number of ether oxygens (including phenoxy) is 2. The van der Waals surface area contributed by atoms with E-state index in [-0.39, 0.29) is 5.97 Å². The number of aryl methyl sites for hydroxylation is 1. The van der Waals surface area contributed by atoms with Gasteiger partial charge in [-0.25, -0.2) is 4.79 Å². The molecule has 2 aromatic rings. The van der Waals surface area contributed by atoms with Crippen molar-refractivity contribution >= 4 is 11.5 Å². The Kier molecular flexibility index (Phi) is 4.42. The highest BCUT2D eigenvalue weighted by molar-refractivity contribution is 5.91. The second kappa shape index (κ2) is 6.26. The molecule has 0 fully saturated rings. The first-order chi connectivity index (χ1) is 10.0. The van der Waals surface area contributed by atoms with Gasteiger partial charge in [-0.3, -0.25) is 4.68 Å². The molecular weight excluding hydrogens is 268 g/mol. The van der Waals surface area contributed by atoms with Crippen LogP contribution >= 0.6 is 0 Å². The van der Waals surface area contributed by atoms with Crippen LogP contribution in [0.25, 0.3) is 16.7 Å². The topological polar surface area (TPSA) is 53.4 Å². The van der Waals surface area contributed by atoms with Gasteiger partial charge in [0.05, 0.1) is 20.4 Å². The van der Waals surface area contributed by atoms with Gasteiger partial charge in [0.1, 0.15) is 5.75 Å². The summed E-state index contributed by atoms with van der Waals surface area (Å²) in [6.45, 7) is 1.87. The molecule has 0 spiro atoms. The van der Waals surface area contributed by atoms with Gasteiger partial charge >= 0.3 is 5.97 Å². The van der Waals surface area contributed by atoms with Gasteiger partial charge in [0.15, 0.2) is 0 Å². The maximum atomic E-state index is 11.3. The smallest absolute Gasteiger partial charge is 0.330 e. The summed E-state index contributed by atoms with van der Waals surface area (Å²) in [5.74, 6) is 0.392. The van der Waals surface area contributed by atoms with Crippen LogP contribution < -0.4 is 4.74 Å². The number of carbonyl (C=O) groups is 1. The molecule has 1 heterocycles. The van der Waals surface area contributed by atoms with Gasteiger partial charge in [-0.2, -0.15) is 5.10 Å². The molecule has 0 unspecified atom stereocenters. The predicted octanol–water partition coefficient (Wildman–Crippen LogP) is 2.67. The van der Waals surface area contributed by atoms with Crippen LogP contribution in [0, 0.1) is 0 Å². The largest absolute Gasteiger partial charge is 0.496 e. The van der Waals surface area contributed by atoms with Gasteiger partial charge in [-0.15, -0.1) is 0 Å². The predicted molar refractivity (Wildman–Crippen MR) is 80.9 cm³/mol. The molecule has 0 amide bonds. The summed E-state index contributed by atoms with van der Waals surface area (Å²) in [6, 6.07) is 5.77. The minimum atomic E-state index is -0.369. The van der Waals surface area contributed by atoms with Crippen molar-refractivity contribution in [3.05, 3.63) is 42.2 Å². The van der Waals surface area contributed by atoms with Crippen LogP contribution in [0.3, 0.4) is 0 Å². The monoisotopic (exact) mass is 286 g/mol. The van der Waals surface area contributed by atoms with E-state index in [1.807, 2.05) is 38.4 Å². The number of nitrogens with zero attached hydrogens (tertiary/aromatic N) is 2. The Morgan fingerprint density at radius 2 is 2.10 bits per heavy atom. The van der Waals surface area contributed by atoms with Crippen molar-refractivity contribution in [3.8, 4) is 16.9 Å². The van der Waals surface area contributed by atoms with Gasteiger partial charge in [0.2, 0.25) is 0 Å². The van der Waals surface area contributed by atoms with Gasteiger partial charge in [-0.05, 0) is 30.2 Å². The molecule has 1 aromatic carbocycles. The molecule has 2 rings (SSSR count). The summed E-state index contributed by atoms with van der Waals surface area (Å²) in [6.07, 6.45) is 5.16. The zero-order valence-corrected chi connectivity index (χ0v) is 12.6. The third-order valence-electron chi connectivity index (χ3n) is 3.21. The molecule has 0 bridgehead atoms. The van der Waals surface area contributed by atoms with Crippen molar-refractivity contribution in [2.75, 3.05) is 14.2 Å². The van der Waals surface area contributed by atoms with Crippen molar-refractivity contribution < 1.29 is 14.3 Å². The maximum Gasteiger partial charge on any atom is 0.330 e. The molecule has 0 radical (unpaired) electrons. The lowest BCUT2D eigenvalue weighted by Gasteiger charge is -2.10. The Morgan fingerprint density at radius 1 is 1.33 bits per heavy atom. The zero-order valence-electron chi connectivity index (χ0n) is 12.6. The van der Waals surface area contributed by atoms with E-state index in [4.69, 9.17) is 4.74 Å². The number of aromatic nitrogens is 2. The molecule has 0 saturated carbocycles. The summed E-state index contributed by atoms with van der Waals surface area (Å²) in [4.78, 5) is 11.3. The molecule has 0 aliphatic rings. The quantitative estimate of drug-likeness (QED) is 0.640. The molecule has 0 aliphatic heterocycles. The third-order valence-corrected chi connectivity index (χ3v) is 3.21. The Balaban J connectivity index is 2.47. The van der Waals surface area contributed by atoms with Crippen molar-refractivity contribution in [2.24, 2.45) is 7.05 Å². The summed E-state index contributed by atoms with van der Waals surface area (Å²) < 4.78 is 11.8. The average Bonchev–Trinajstić information content (AvgIpc) is 2.92. The fourth-order valence-corrected chi connectivity index (χ4v) is 2.06. The normalized spacial score (nSPS) is 11.3. The van der Waals surface area contributed by atoms with Crippen molar-refractivity contribution in [3.63, 3.8) is 0 Å². The molecule has 0 atom stereocenters. The number of carbonyl (C=O) groups excluding carboxylic acids is 1. The highest BCUT2D eigenvalue weighted by atomic mass is 16.5. The van der Waals surface area contributed by atoms with Crippen molar-refractivity contribution in [2.45, 2.75) is 6.92 Å². The van der Waals surface area contributed by atoms with Crippen molar-refractivity contribution in [1.82, 2.24) is 9.78 Å². The van der Waals surface area contributed by atoms with Crippen LogP contribution in [-0.2, 0) is 16.6 Å². The summed E-state index contributed by atoms with van der Waals surface area (Å²) in [5, 5.41) is 4.18. The van der Waals surface area contributed by atoms with Gasteiger partial charge in [0.25, 0.3) is 0 Å². The van der Waals surface area contributed by atoms with E-state index in [2.05, 4.69) is 9.84 Å². The minimum absolute atomic E-state index is 0.369. The number of benzene rings is 1. The Morgan fingerprint density at radius 3 is 2.67 bits per heavy atom. The third kappa shape index (κ3) is 3.31.